The summed E-state index contributed by atoms with van der Waals surface area (Å²) in [6.07, 6.45) is 0.686. The molecule has 1 amide bonds. The molecule has 26 heavy (non-hydrogen) atoms. The molecule has 134 valence electrons. The number of nitrogens with zero attached hydrogens (tertiary/aromatic N) is 3. The third kappa shape index (κ3) is 3.15. The van der Waals surface area contributed by atoms with Gasteiger partial charge in [0.2, 0.25) is 0 Å². The number of pyridine rings is 1. The summed E-state index contributed by atoms with van der Waals surface area (Å²) in [5, 5.41) is 3.00. The van der Waals surface area contributed by atoms with Gasteiger partial charge in [0.15, 0.2) is 0 Å². The van der Waals surface area contributed by atoms with Crippen LogP contribution in [0.2, 0.25) is 0 Å². The van der Waals surface area contributed by atoms with Gasteiger partial charge in [-0.05, 0) is 25.0 Å². The molecular formula is C19H20N4O3. The van der Waals surface area contributed by atoms with Gasteiger partial charge in [-0.15, -0.1) is 0 Å². The Morgan fingerprint density at radius 1 is 1.12 bits per heavy atom. The predicted molar refractivity (Wildman–Crippen MR) is 99.4 cm³/mol. The molecule has 0 atom stereocenters. The van der Waals surface area contributed by atoms with E-state index in [4.69, 9.17) is 0 Å². The van der Waals surface area contributed by atoms with Gasteiger partial charge in [-0.25, -0.2) is 9.78 Å². The van der Waals surface area contributed by atoms with Crippen molar-refractivity contribution in [3.8, 4) is 0 Å². The maximum atomic E-state index is 12.7. The number of hydrogen-bond donors (Lipinski definition) is 1. The second-order valence-electron chi connectivity index (χ2n) is 6.21. The first kappa shape index (κ1) is 17.6. The highest BCUT2D eigenvalue weighted by Gasteiger charge is 2.18. The molecule has 0 spiro atoms. The Morgan fingerprint density at radius 3 is 2.50 bits per heavy atom. The second-order valence-corrected chi connectivity index (χ2v) is 6.21. The summed E-state index contributed by atoms with van der Waals surface area (Å²) in [5.74, 6) is -0.354. The number of benzene rings is 1. The molecule has 1 N–H and O–H groups in total. The van der Waals surface area contributed by atoms with E-state index in [1.54, 1.807) is 13.0 Å². The van der Waals surface area contributed by atoms with Crippen LogP contribution in [0.15, 0.2) is 46.0 Å². The lowest BCUT2D eigenvalue weighted by Crippen LogP contribution is -2.39. The fourth-order valence-electron chi connectivity index (χ4n) is 2.92. The molecule has 0 radical (unpaired) electrons. The van der Waals surface area contributed by atoms with Gasteiger partial charge in [0, 0.05) is 26.3 Å². The Morgan fingerprint density at radius 2 is 1.81 bits per heavy atom. The van der Waals surface area contributed by atoms with Gasteiger partial charge in [0.25, 0.3) is 11.5 Å². The summed E-state index contributed by atoms with van der Waals surface area (Å²) in [6, 6.07) is 11.4. The average molecular weight is 352 g/mol. The van der Waals surface area contributed by atoms with Gasteiger partial charge < -0.3 is 5.32 Å². The normalized spacial score (nSPS) is 10.9. The molecular weight excluding hydrogens is 332 g/mol. The number of aromatic nitrogens is 3. The van der Waals surface area contributed by atoms with Crippen LogP contribution in [0.3, 0.4) is 0 Å². The lowest BCUT2D eigenvalue weighted by molar-refractivity contribution is 0.0955. The van der Waals surface area contributed by atoms with Crippen LogP contribution in [0.1, 0.15) is 21.6 Å². The predicted octanol–water partition coefficient (Wildman–Crippen LogP) is 0.913. The average Bonchev–Trinajstić information content (AvgIpc) is 2.64. The van der Waals surface area contributed by atoms with Crippen LogP contribution in [0.25, 0.3) is 11.0 Å². The first-order valence-corrected chi connectivity index (χ1v) is 8.29. The van der Waals surface area contributed by atoms with Crippen LogP contribution in [0, 0.1) is 6.92 Å². The van der Waals surface area contributed by atoms with Crippen LogP contribution in [0.4, 0.5) is 0 Å². The minimum Gasteiger partial charge on any atom is -0.352 e. The van der Waals surface area contributed by atoms with Crippen molar-refractivity contribution < 1.29 is 4.79 Å². The molecule has 0 unspecified atom stereocenters. The number of carbonyl (C=O) groups excluding carboxylic acids is 1. The van der Waals surface area contributed by atoms with Crippen molar-refractivity contribution in [2.24, 2.45) is 14.1 Å². The summed E-state index contributed by atoms with van der Waals surface area (Å²) in [4.78, 5) is 41.6. The van der Waals surface area contributed by atoms with Crippen molar-refractivity contribution in [2.75, 3.05) is 6.54 Å². The highest BCUT2D eigenvalue weighted by molar-refractivity contribution is 6.05. The highest BCUT2D eigenvalue weighted by atomic mass is 16.2. The molecule has 0 bridgehead atoms. The smallest absolute Gasteiger partial charge is 0.332 e. The fraction of sp³-hybridized carbons (Fsp3) is 0.263. The van der Waals surface area contributed by atoms with Crippen LogP contribution in [-0.4, -0.2) is 26.6 Å². The van der Waals surface area contributed by atoms with Gasteiger partial charge in [0.05, 0.1) is 10.9 Å². The monoisotopic (exact) mass is 352 g/mol. The molecule has 0 saturated heterocycles. The minimum atomic E-state index is -0.524. The zero-order valence-electron chi connectivity index (χ0n) is 14.9. The first-order chi connectivity index (χ1) is 12.4. The van der Waals surface area contributed by atoms with Crippen molar-refractivity contribution >= 4 is 16.9 Å². The van der Waals surface area contributed by atoms with Crippen molar-refractivity contribution in [2.45, 2.75) is 13.3 Å². The largest absolute Gasteiger partial charge is 0.352 e. The molecule has 1 aromatic carbocycles. The van der Waals surface area contributed by atoms with Gasteiger partial charge in [-0.3, -0.25) is 18.7 Å². The van der Waals surface area contributed by atoms with Gasteiger partial charge in [0.1, 0.15) is 5.65 Å². The molecule has 3 aromatic rings. The summed E-state index contributed by atoms with van der Waals surface area (Å²) in [5.41, 5.74) is 1.12. The SMILES string of the molecule is Cc1cc(C(=O)NCCc2ccccc2)c2c(=O)n(C)c(=O)n(C)c2n1. The summed E-state index contributed by atoms with van der Waals surface area (Å²) >= 11 is 0. The first-order valence-electron chi connectivity index (χ1n) is 8.29. The van der Waals surface area contributed by atoms with E-state index >= 15 is 0 Å². The van der Waals surface area contributed by atoms with Crippen molar-refractivity contribution in [1.82, 2.24) is 19.4 Å². The Labute approximate surface area is 149 Å². The van der Waals surface area contributed by atoms with Gasteiger partial charge >= 0.3 is 5.69 Å². The van der Waals surface area contributed by atoms with E-state index in [9.17, 15) is 14.4 Å². The number of hydrogen-bond acceptors (Lipinski definition) is 4. The number of fused-ring (bicyclic) bond motifs is 1. The Kier molecular flexibility index (Phi) is 4.71. The molecule has 0 aliphatic heterocycles. The summed E-state index contributed by atoms with van der Waals surface area (Å²) in [6.45, 7) is 2.17. The number of rotatable bonds is 4. The third-order valence-corrected chi connectivity index (χ3v) is 4.33. The topological polar surface area (TPSA) is 86.0 Å². The molecule has 7 heteroatoms. The lowest BCUT2D eigenvalue weighted by atomic mass is 10.1. The maximum Gasteiger partial charge on any atom is 0.332 e. The fourth-order valence-corrected chi connectivity index (χ4v) is 2.92. The van der Waals surface area contributed by atoms with Crippen LogP contribution in [-0.2, 0) is 20.5 Å². The zero-order chi connectivity index (χ0) is 18.8. The number of amides is 1. The Balaban J connectivity index is 1.98. The molecule has 7 nitrogen and oxygen atoms in total. The lowest BCUT2D eigenvalue weighted by Gasteiger charge is -2.12. The number of nitrogens with one attached hydrogen (secondary N) is 1. The second kappa shape index (κ2) is 6.95. The van der Waals surface area contributed by atoms with Crippen molar-refractivity contribution in [1.29, 1.82) is 0 Å². The zero-order valence-corrected chi connectivity index (χ0v) is 14.9. The van der Waals surface area contributed by atoms with Crippen molar-refractivity contribution in [3.63, 3.8) is 0 Å². The van der Waals surface area contributed by atoms with E-state index in [2.05, 4.69) is 10.3 Å². The van der Waals surface area contributed by atoms with Crippen molar-refractivity contribution in [3.05, 3.63) is 74.1 Å². The molecule has 0 fully saturated rings. The summed E-state index contributed by atoms with van der Waals surface area (Å²) in [7, 11) is 2.93. The van der Waals surface area contributed by atoms with Crippen LogP contribution in [0.5, 0.6) is 0 Å². The minimum absolute atomic E-state index is 0.150. The van der Waals surface area contributed by atoms with Crippen LogP contribution >= 0.6 is 0 Å². The van der Waals surface area contributed by atoms with E-state index in [0.717, 1.165) is 10.1 Å². The molecule has 2 heterocycles. The molecule has 0 saturated carbocycles. The maximum absolute atomic E-state index is 12.7. The van der Waals surface area contributed by atoms with E-state index in [-0.39, 0.29) is 22.5 Å². The van der Waals surface area contributed by atoms with E-state index in [0.29, 0.717) is 18.7 Å². The molecule has 0 aliphatic rings. The molecule has 2 aromatic heterocycles. The van der Waals surface area contributed by atoms with Gasteiger partial charge in [-0.2, -0.15) is 0 Å². The van der Waals surface area contributed by atoms with E-state index in [1.165, 1.54) is 18.7 Å². The number of aryl methyl sites for hydroxylation is 2. The van der Waals surface area contributed by atoms with E-state index < -0.39 is 11.2 Å². The highest BCUT2D eigenvalue weighted by Crippen LogP contribution is 2.13. The number of carbonyl (C=O) groups is 1. The van der Waals surface area contributed by atoms with Crippen LogP contribution < -0.4 is 16.6 Å². The molecule has 0 aliphatic carbocycles. The van der Waals surface area contributed by atoms with Gasteiger partial charge in [-0.1, -0.05) is 30.3 Å². The standard InChI is InChI=1S/C19H20N4O3/c1-12-11-14(17(24)20-10-9-13-7-5-4-6-8-13)15-16(21-12)22(2)19(26)23(3)18(15)25/h4-8,11H,9-10H2,1-3H3,(H,20,24). The quantitative estimate of drug-likeness (QED) is 0.756. The molecule has 3 rings (SSSR count). The Hall–Kier alpha value is -3.22. The third-order valence-electron chi connectivity index (χ3n) is 4.33. The van der Waals surface area contributed by atoms with E-state index in [1.807, 2.05) is 30.3 Å². The Bertz CT molecular complexity index is 1100. The summed E-state index contributed by atoms with van der Waals surface area (Å²) < 4.78 is 2.27.